The number of para-hydroxylation sites is 2. The molecule has 0 unspecified atom stereocenters. The van der Waals surface area contributed by atoms with Gasteiger partial charge in [0.2, 0.25) is 11.8 Å². The Kier molecular flexibility index (Phi) is 7.76. The monoisotopic (exact) mass is 346 g/mol. The highest BCUT2D eigenvalue weighted by molar-refractivity contribution is 5.94. The van der Waals surface area contributed by atoms with Gasteiger partial charge in [0.1, 0.15) is 5.75 Å². The Balaban J connectivity index is 1.82. The van der Waals surface area contributed by atoms with Crippen LogP contribution in [0.15, 0.2) is 24.3 Å². The molecule has 0 saturated heterocycles. The van der Waals surface area contributed by atoms with Crippen LogP contribution in [-0.4, -0.2) is 25.0 Å². The van der Waals surface area contributed by atoms with E-state index in [1.165, 1.54) is 0 Å². The van der Waals surface area contributed by atoms with Crippen LogP contribution in [0.2, 0.25) is 0 Å². The molecule has 0 atom stereocenters. The number of carbonyl (C=O) groups is 2. The second-order valence-corrected chi connectivity index (χ2v) is 6.61. The maximum Gasteiger partial charge on any atom is 0.227 e. The summed E-state index contributed by atoms with van der Waals surface area (Å²) in [4.78, 5) is 24.7. The summed E-state index contributed by atoms with van der Waals surface area (Å²) >= 11 is 0. The predicted octanol–water partition coefficient (Wildman–Crippen LogP) is 3.75. The van der Waals surface area contributed by atoms with Crippen LogP contribution in [0.1, 0.15) is 52.4 Å². The van der Waals surface area contributed by atoms with E-state index in [0.717, 1.165) is 45.1 Å². The van der Waals surface area contributed by atoms with Gasteiger partial charge in [-0.3, -0.25) is 9.59 Å². The third kappa shape index (κ3) is 5.76. The molecule has 25 heavy (non-hydrogen) atoms. The van der Waals surface area contributed by atoms with Crippen LogP contribution in [0.4, 0.5) is 5.69 Å². The number of anilines is 1. The maximum atomic E-state index is 12.5. The van der Waals surface area contributed by atoms with E-state index >= 15 is 0 Å². The minimum Gasteiger partial charge on any atom is -0.492 e. The van der Waals surface area contributed by atoms with E-state index in [2.05, 4.69) is 17.6 Å². The Morgan fingerprint density at radius 3 is 2.32 bits per heavy atom. The van der Waals surface area contributed by atoms with Gasteiger partial charge in [0.05, 0.1) is 12.3 Å². The third-order valence-corrected chi connectivity index (χ3v) is 4.74. The number of amides is 2. The molecule has 5 heteroatoms. The normalized spacial score (nSPS) is 19.9. The number of carbonyl (C=O) groups excluding carboxylic acids is 2. The molecule has 1 fully saturated rings. The van der Waals surface area contributed by atoms with Gasteiger partial charge >= 0.3 is 0 Å². The van der Waals surface area contributed by atoms with Crippen LogP contribution in [0.25, 0.3) is 0 Å². The highest BCUT2D eigenvalue weighted by atomic mass is 16.5. The fourth-order valence-electron chi connectivity index (χ4n) is 3.24. The molecule has 0 heterocycles. The molecule has 0 bridgehead atoms. The Bertz CT molecular complexity index is 566. The summed E-state index contributed by atoms with van der Waals surface area (Å²) in [5.74, 6) is 0.888. The van der Waals surface area contributed by atoms with Crippen molar-refractivity contribution < 1.29 is 14.3 Å². The van der Waals surface area contributed by atoms with Crippen LogP contribution < -0.4 is 15.4 Å². The first-order valence-corrected chi connectivity index (χ1v) is 9.46. The minimum absolute atomic E-state index is 0.0250. The zero-order valence-electron chi connectivity index (χ0n) is 15.3. The van der Waals surface area contributed by atoms with Gasteiger partial charge in [-0.15, -0.1) is 0 Å². The van der Waals surface area contributed by atoms with Crippen molar-refractivity contribution in [1.82, 2.24) is 5.32 Å². The summed E-state index contributed by atoms with van der Waals surface area (Å²) in [6.45, 7) is 5.35. The number of rotatable bonds is 8. The second-order valence-electron chi connectivity index (χ2n) is 6.61. The molecule has 2 N–H and O–H groups in total. The van der Waals surface area contributed by atoms with Gasteiger partial charge in [-0.2, -0.15) is 0 Å². The number of unbranched alkanes of at least 4 members (excludes halogenated alkanes) is 1. The van der Waals surface area contributed by atoms with Crippen molar-refractivity contribution in [2.75, 3.05) is 18.5 Å². The van der Waals surface area contributed by atoms with Crippen LogP contribution in [-0.2, 0) is 9.59 Å². The van der Waals surface area contributed by atoms with E-state index in [1.54, 1.807) is 0 Å². The fourth-order valence-corrected chi connectivity index (χ4v) is 3.24. The largest absolute Gasteiger partial charge is 0.492 e. The molecule has 0 aliphatic heterocycles. The van der Waals surface area contributed by atoms with Gasteiger partial charge in [-0.1, -0.05) is 25.5 Å². The summed E-state index contributed by atoms with van der Waals surface area (Å²) < 4.78 is 5.55. The SMILES string of the molecule is CCCCNC(=O)C1CCC(C(=O)Nc2ccccc2OCC)CC1. The Morgan fingerprint density at radius 1 is 1.04 bits per heavy atom. The average molecular weight is 346 g/mol. The highest BCUT2D eigenvalue weighted by Crippen LogP contribution is 2.31. The molecule has 0 spiro atoms. The molecule has 2 rings (SSSR count). The first kappa shape index (κ1) is 19.3. The van der Waals surface area contributed by atoms with Crippen molar-refractivity contribution in [3.05, 3.63) is 24.3 Å². The van der Waals surface area contributed by atoms with E-state index in [9.17, 15) is 9.59 Å². The van der Waals surface area contributed by atoms with E-state index in [-0.39, 0.29) is 23.7 Å². The van der Waals surface area contributed by atoms with Crippen molar-refractivity contribution in [2.24, 2.45) is 11.8 Å². The van der Waals surface area contributed by atoms with Crippen molar-refractivity contribution in [2.45, 2.75) is 52.4 Å². The summed E-state index contributed by atoms with van der Waals surface area (Å²) in [6.07, 6.45) is 5.18. The molecule has 1 aromatic carbocycles. The Labute approximate surface area is 150 Å². The Hall–Kier alpha value is -2.04. The van der Waals surface area contributed by atoms with Crippen molar-refractivity contribution >= 4 is 17.5 Å². The molecular formula is C20H30N2O3. The Morgan fingerprint density at radius 2 is 1.68 bits per heavy atom. The van der Waals surface area contributed by atoms with Crippen LogP contribution in [0.5, 0.6) is 5.75 Å². The first-order chi connectivity index (χ1) is 12.2. The molecule has 0 aromatic heterocycles. The lowest BCUT2D eigenvalue weighted by molar-refractivity contribution is -0.128. The predicted molar refractivity (Wildman–Crippen MR) is 99.6 cm³/mol. The zero-order chi connectivity index (χ0) is 18.1. The molecule has 1 saturated carbocycles. The third-order valence-electron chi connectivity index (χ3n) is 4.74. The van der Waals surface area contributed by atoms with E-state index in [1.807, 2.05) is 31.2 Å². The molecule has 2 amide bonds. The van der Waals surface area contributed by atoms with Crippen LogP contribution in [0, 0.1) is 11.8 Å². The zero-order valence-corrected chi connectivity index (χ0v) is 15.3. The maximum absolute atomic E-state index is 12.5. The summed E-state index contributed by atoms with van der Waals surface area (Å²) in [7, 11) is 0. The van der Waals surface area contributed by atoms with Gasteiger partial charge in [-0.25, -0.2) is 0 Å². The van der Waals surface area contributed by atoms with Crippen molar-refractivity contribution in [3.63, 3.8) is 0 Å². The molecule has 1 aromatic rings. The van der Waals surface area contributed by atoms with Gasteiger partial charge < -0.3 is 15.4 Å². The number of benzene rings is 1. The van der Waals surface area contributed by atoms with Crippen molar-refractivity contribution in [1.29, 1.82) is 0 Å². The van der Waals surface area contributed by atoms with E-state index in [4.69, 9.17) is 4.74 Å². The van der Waals surface area contributed by atoms with E-state index in [0.29, 0.717) is 18.0 Å². The number of nitrogens with one attached hydrogen (secondary N) is 2. The van der Waals surface area contributed by atoms with Gasteiger partial charge in [-0.05, 0) is 51.2 Å². The molecule has 1 aliphatic carbocycles. The fraction of sp³-hybridized carbons (Fsp3) is 0.600. The number of ether oxygens (including phenoxy) is 1. The molecule has 1 aliphatic rings. The van der Waals surface area contributed by atoms with Crippen LogP contribution >= 0.6 is 0 Å². The highest BCUT2D eigenvalue weighted by Gasteiger charge is 2.30. The quantitative estimate of drug-likeness (QED) is 0.705. The average Bonchev–Trinajstić information content (AvgIpc) is 2.64. The summed E-state index contributed by atoms with van der Waals surface area (Å²) in [5, 5.41) is 5.99. The second kappa shape index (κ2) is 10.1. The van der Waals surface area contributed by atoms with Crippen LogP contribution in [0.3, 0.4) is 0 Å². The van der Waals surface area contributed by atoms with Gasteiger partial charge in [0, 0.05) is 18.4 Å². The van der Waals surface area contributed by atoms with Gasteiger partial charge in [0.25, 0.3) is 0 Å². The van der Waals surface area contributed by atoms with E-state index < -0.39 is 0 Å². The molecule has 0 radical (unpaired) electrons. The van der Waals surface area contributed by atoms with Gasteiger partial charge in [0.15, 0.2) is 0 Å². The summed E-state index contributed by atoms with van der Waals surface area (Å²) in [6, 6.07) is 7.49. The topological polar surface area (TPSA) is 67.4 Å². The number of hydrogen-bond acceptors (Lipinski definition) is 3. The number of hydrogen-bond donors (Lipinski definition) is 2. The lowest BCUT2D eigenvalue weighted by Crippen LogP contribution is -2.35. The molecule has 5 nitrogen and oxygen atoms in total. The lowest BCUT2D eigenvalue weighted by Gasteiger charge is -2.27. The standard InChI is InChI=1S/C20H30N2O3/c1-3-5-14-21-19(23)15-10-12-16(13-11-15)20(24)22-17-8-6-7-9-18(17)25-4-2/h6-9,15-16H,3-5,10-14H2,1-2H3,(H,21,23)(H,22,24). The molecular weight excluding hydrogens is 316 g/mol. The van der Waals surface area contributed by atoms with Crippen molar-refractivity contribution in [3.8, 4) is 5.75 Å². The minimum atomic E-state index is -0.0330. The first-order valence-electron chi connectivity index (χ1n) is 9.46. The summed E-state index contributed by atoms with van der Waals surface area (Å²) in [5.41, 5.74) is 0.716. The smallest absolute Gasteiger partial charge is 0.227 e. The lowest BCUT2D eigenvalue weighted by atomic mass is 9.81. The molecule has 138 valence electrons.